The highest BCUT2D eigenvalue weighted by molar-refractivity contribution is 6.01. The quantitative estimate of drug-likeness (QED) is 0.173. The molecule has 0 amide bonds. The Morgan fingerprint density at radius 2 is 1.04 bits per heavy atom. The van der Waals surface area contributed by atoms with Gasteiger partial charge in [0.1, 0.15) is 0 Å². The molecule has 0 fully saturated rings. The molecule has 260 valence electrons. The molecule has 10 rings (SSSR count). The molecule has 0 unspecified atom stereocenters. The van der Waals surface area contributed by atoms with E-state index in [0.717, 1.165) is 44.8 Å². The van der Waals surface area contributed by atoms with E-state index < -0.39 is 0 Å². The van der Waals surface area contributed by atoms with Crippen LogP contribution in [0.2, 0.25) is 0 Å². The van der Waals surface area contributed by atoms with Crippen LogP contribution in [0.4, 0.5) is 0 Å². The van der Waals surface area contributed by atoms with Crippen LogP contribution in [0.25, 0.3) is 89.2 Å². The molecular weight excluding hydrogens is 667 g/mol. The Bertz CT molecular complexity index is 2860. The zero-order valence-electron chi connectivity index (χ0n) is 30.7. The summed E-state index contributed by atoms with van der Waals surface area (Å²) >= 11 is 0. The van der Waals surface area contributed by atoms with Crippen molar-refractivity contribution in [3.05, 3.63) is 199 Å². The van der Waals surface area contributed by atoms with Crippen LogP contribution in [0.5, 0.6) is 0 Å². The molecule has 0 radical (unpaired) electrons. The van der Waals surface area contributed by atoms with Gasteiger partial charge in [-0.15, -0.1) is 0 Å². The highest BCUT2D eigenvalue weighted by Crippen LogP contribution is 2.54. The van der Waals surface area contributed by atoms with E-state index in [0.29, 0.717) is 5.82 Å². The second-order valence-corrected chi connectivity index (χ2v) is 14.9. The summed E-state index contributed by atoms with van der Waals surface area (Å²) in [5.74, 6) is 0.703. The maximum atomic E-state index is 5.08. The van der Waals surface area contributed by atoms with Gasteiger partial charge in [0.05, 0.1) is 11.4 Å². The molecule has 0 atom stereocenters. The molecule has 1 aliphatic carbocycles. The number of benzene rings is 7. The third-order valence-corrected chi connectivity index (χ3v) is 11.2. The van der Waals surface area contributed by atoms with Crippen LogP contribution >= 0.6 is 0 Å². The largest absolute Gasteiger partial charge is 0.264 e. The summed E-state index contributed by atoms with van der Waals surface area (Å²) in [4.78, 5) is 14.4. The molecule has 0 N–H and O–H groups in total. The van der Waals surface area contributed by atoms with Crippen molar-refractivity contribution < 1.29 is 0 Å². The number of nitrogens with zero attached hydrogens (tertiary/aromatic N) is 3. The lowest BCUT2D eigenvalue weighted by molar-refractivity contribution is 0.666. The van der Waals surface area contributed by atoms with E-state index in [1.807, 2.05) is 30.5 Å². The number of pyridine rings is 1. The summed E-state index contributed by atoms with van der Waals surface area (Å²) in [5.41, 5.74) is 17.3. The first-order valence-corrected chi connectivity index (χ1v) is 18.8. The summed E-state index contributed by atoms with van der Waals surface area (Å²) in [6.07, 6.45) is 3.69. The van der Waals surface area contributed by atoms with Crippen LogP contribution in [0.1, 0.15) is 25.0 Å². The number of rotatable bonds is 6. The fraction of sp³-hybridized carbons (Fsp3) is 0.0577. The topological polar surface area (TPSA) is 38.7 Å². The normalized spacial score (nSPS) is 12.7. The van der Waals surface area contributed by atoms with Crippen molar-refractivity contribution in [1.82, 2.24) is 15.0 Å². The monoisotopic (exact) mass is 703 g/mol. The summed E-state index contributed by atoms with van der Waals surface area (Å²) in [7, 11) is 0. The van der Waals surface area contributed by atoms with Crippen molar-refractivity contribution in [2.45, 2.75) is 19.3 Å². The molecule has 7 aromatic carbocycles. The number of aromatic nitrogens is 3. The minimum absolute atomic E-state index is 0.0977. The number of hydrogen-bond acceptors (Lipinski definition) is 3. The lowest BCUT2D eigenvalue weighted by Gasteiger charge is -2.23. The zero-order valence-corrected chi connectivity index (χ0v) is 30.7. The van der Waals surface area contributed by atoms with Gasteiger partial charge in [0.2, 0.25) is 0 Å². The molecular formula is C52H37N3. The standard InChI is InChI=1S/C52H37N3/c1-52(2)46-19-9-18-43(49(46)45-29-28-36-11-6-7-17-44(36)50(45)52)41-15-8-14-40(31-41)34-20-24-37(25-21-34)47-32-48(55-51(54-47)39-12-4-3-5-13-39)38-26-22-35(23-27-38)42-16-10-30-53-33-42/h3-33H,1-2H3. The molecule has 55 heavy (non-hydrogen) atoms. The van der Waals surface area contributed by atoms with Crippen LogP contribution in [-0.4, -0.2) is 15.0 Å². The molecule has 0 saturated heterocycles. The lowest BCUT2D eigenvalue weighted by atomic mass is 9.80. The maximum Gasteiger partial charge on any atom is 0.160 e. The average Bonchev–Trinajstić information content (AvgIpc) is 3.50. The first kappa shape index (κ1) is 32.7. The van der Waals surface area contributed by atoms with Gasteiger partial charge in [-0.25, -0.2) is 9.97 Å². The molecule has 0 bridgehead atoms. The van der Waals surface area contributed by atoms with E-state index in [-0.39, 0.29) is 5.41 Å². The predicted molar refractivity (Wildman–Crippen MR) is 228 cm³/mol. The van der Waals surface area contributed by atoms with Gasteiger partial charge in [-0.1, -0.05) is 172 Å². The van der Waals surface area contributed by atoms with Gasteiger partial charge in [0.15, 0.2) is 5.82 Å². The fourth-order valence-corrected chi connectivity index (χ4v) is 8.42. The fourth-order valence-electron chi connectivity index (χ4n) is 8.42. The molecule has 0 spiro atoms. The Morgan fingerprint density at radius 1 is 0.418 bits per heavy atom. The van der Waals surface area contributed by atoms with Crippen molar-refractivity contribution in [2.75, 3.05) is 0 Å². The highest BCUT2D eigenvalue weighted by atomic mass is 14.9. The predicted octanol–water partition coefficient (Wildman–Crippen LogP) is 13.3. The minimum Gasteiger partial charge on any atom is -0.264 e. The third kappa shape index (κ3) is 5.73. The third-order valence-electron chi connectivity index (χ3n) is 11.2. The zero-order chi connectivity index (χ0) is 36.9. The van der Waals surface area contributed by atoms with Crippen LogP contribution in [0.3, 0.4) is 0 Å². The van der Waals surface area contributed by atoms with Gasteiger partial charge >= 0.3 is 0 Å². The van der Waals surface area contributed by atoms with Gasteiger partial charge in [-0.2, -0.15) is 0 Å². The molecule has 2 aromatic heterocycles. The smallest absolute Gasteiger partial charge is 0.160 e. The van der Waals surface area contributed by atoms with Crippen LogP contribution in [-0.2, 0) is 5.41 Å². The van der Waals surface area contributed by atoms with E-state index in [1.165, 1.54) is 49.7 Å². The SMILES string of the molecule is CC1(C)c2cccc(-c3cccc(-c4ccc(-c5cc(-c6ccc(-c7cccnc7)cc6)nc(-c6ccccc6)n5)cc4)c3)c2-c2ccc3ccccc3c21. The van der Waals surface area contributed by atoms with E-state index in [1.54, 1.807) is 6.20 Å². The van der Waals surface area contributed by atoms with Gasteiger partial charge in [-0.3, -0.25) is 4.98 Å². The van der Waals surface area contributed by atoms with Crippen molar-refractivity contribution in [1.29, 1.82) is 0 Å². The molecule has 9 aromatic rings. The van der Waals surface area contributed by atoms with Crippen LogP contribution < -0.4 is 0 Å². The second-order valence-electron chi connectivity index (χ2n) is 14.9. The maximum absolute atomic E-state index is 5.08. The van der Waals surface area contributed by atoms with Gasteiger partial charge in [-0.05, 0) is 84.6 Å². The summed E-state index contributed by atoms with van der Waals surface area (Å²) in [6.45, 7) is 4.74. The van der Waals surface area contributed by atoms with Crippen molar-refractivity contribution in [3.63, 3.8) is 0 Å². The van der Waals surface area contributed by atoms with Crippen molar-refractivity contribution >= 4 is 10.8 Å². The lowest BCUT2D eigenvalue weighted by Crippen LogP contribution is -2.15. The Labute approximate surface area is 321 Å². The molecule has 3 heteroatoms. The van der Waals surface area contributed by atoms with Crippen molar-refractivity contribution in [2.24, 2.45) is 0 Å². The molecule has 0 aliphatic heterocycles. The summed E-state index contributed by atoms with van der Waals surface area (Å²) in [6, 6.07) is 62.8. The van der Waals surface area contributed by atoms with Gasteiger partial charge in [0.25, 0.3) is 0 Å². The molecule has 1 aliphatic rings. The van der Waals surface area contributed by atoms with Crippen molar-refractivity contribution in [3.8, 4) is 78.4 Å². The summed E-state index contributed by atoms with van der Waals surface area (Å²) < 4.78 is 0. The van der Waals surface area contributed by atoms with E-state index in [2.05, 4.69) is 170 Å². The van der Waals surface area contributed by atoms with E-state index in [9.17, 15) is 0 Å². The molecule has 3 nitrogen and oxygen atoms in total. The number of fused-ring (bicyclic) bond motifs is 5. The molecule has 0 saturated carbocycles. The first-order chi connectivity index (χ1) is 27.0. The highest BCUT2D eigenvalue weighted by Gasteiger charge is 2.38. The number of hydrogen-bond donors (Lipinski definition) is 0. The van der Waals surface area contributed by atoms with Gasteiger partial charge in [0, 0.05) is 34.5 Å². The second kappa shape index (κ2) is 13.2. The first-order valence-electron chi connectivity index (χ1n) is 18.8. The Hall–Kier alpha value is -6.97. The summed E-state index contributed by atoms with van der Waals surface area (Å²) in [5, 5.41) is 2.63. The van der Waals surface area contributed by atoms with Gasteiger partial charge < -0.3 is 0 Å². The van der Waals surface area contributed by atoms with Crippen LogP contribution in [0.15, 0.2) is 188 Å². The minimum atomic E-state index is -0.0977. The Morgan fingerprint density at radius 3 is 1.76 bits per heavy atom. The Kier molecular flexibility index (Phi) is 7.81. The van der Waals surface area contributed by atoms with Crippen LogP contribution in [0, 0.1) is 0 Å². The average molecular weight is 704 g/mol. The molecule has 2 heterocycles. The van der Waals surface area contributed by atoms with E-state index >= 15 is 0 Å². The Balaban J connectivity index is 1.01. The van der Waals surface area contributed by atoms with E-state index in [4.69, 9.17) is 9.97 Å².